The van der Waals surface area contributed by atoms with E-state index in [0.29, 0.717) is 6.61 Å². The second kappa shape index (κ2) is 6.01. The summed E-state index contributed by atoms with van der Waals surface area (Å²) in [5, 5.41) is -0.175. The molecule has 0 unspecified atom stereocenters. The molecule has 16 heavy (non-hydrogen) atoms. The van der Waals surface area contributed by atoms with Crippen LogP contribution in [0.25, 0.3) is 0 Å². The monoisotopic (exact) mass is 249 g/mol. The molecule has 0 fully saturated rings. The fraction of sp³-hybridized carbons (Fsp3) is 0.455. The van der Waals surface area contributed by atoms with Crippen molar-refractivity contribution < 1.29 is 13.5 Å². The molecule has 0 radical (unpaired) electrons. The topological polar surface area (TPSA) is 12.5 Å². The minimum atomic E-state index is -0.802. The fourth-order valence-corrected chi connectivity index (χ4v) is 1.36. The van der Waals surface area contributed by atoms with Crippen LogP contribution in [0.5, 0.6) is 5.75 Å². The average Bonchev–Trinajstić information content (AvgIpc) is 2.19. The van der Waals surface area contributed by atoms with Gasteiger partial charge in [0.2, 0.25) is 0 Å². The highest BCUT2D eigenvalue weighted by atomic mass is 35.5. The zero-order chi connectivity index (χ0) is 12.1. The number of hydrogen-bond donors (Lipinski definition) is 0. The van der Waals surface area contributed by atoms with E-state index < -0.39 is 11.6 Å². The van der Waals surface area contributed by atoms with Gasteiger partial charge in [0.25, 0.3) is 0 Å². The third kappa shape index (κ3) is 3.94. The Bertz CT molecular complexity index is 358. The molecule has 0 spiro atoms. The van der Waals surface area contributed by atoms with Gasteiger partial charge in [-0.25, -0.2) is 8.78 Å². The molecule has 0 bridgehead atoms. The smallest absolute Gasteiger partial charge is 0.148 e. The van der Waals surface area contributed by atoms with Crippen LogP contribution in [0, 0.1) is 11.6 Å². The van der Waals surface area contributed by atoms with Crippen molar-refractivity contribution in [1.82, 2.24) is 4.90 Å². The Morgan fingerprint density at radius 3 is 2.62 bits per heavy atom. The molecule has 0 heterocycles. The van der Waals surface area contributed by atoms with Crippen molar-refractivity contribution in [2.24, 2.45) is 0 Å². The van der Waals surface area contributed by atoms with Crippen LogP contribution < -0.4 is 4.74 Å². The Hall–Kier alpha value is -0.870. The number of hydrogen-bond acceptors (Lipinski definition) is 2. The maximum atomic E-state index is 13.0. The predicted molar refractivity (Wildman–Crippen MR) is 60.0 cm³/mol. The van der Waals surface area contributed by atoms with Crippen LogP contribution in [-0.2, 0) is 0 Å². The first-order valence-electron chi connectivity index (χ1n) is 4.93. The van der Waals surface area contributed by atoms with Crippen LogP contribution in [0.2, 0.25) is 5.02 Å². The second-order valence-electron chi connectivity index (χ2n) is 3.71. The molecule has 0 N–H and O–H groups in total. The van der Waals surface area contributed by atoms with Crippen molar-refractivity contribution in [3.63, 3.8) is 0 Å². The van der Waals surface area contributed by atoms with Crippen LogP contribution in [-0.4, -0.2) is 32.1 Å². The highest BCUT2D eigenvalue weighted by Crippen LogP contribution is 2.28. The lowest BCUT2D eigenvalue weighted by Gasteiger charge is -2.11. The molecule has 2 nitrogen and oxygen atoms in total. The lowest BCUT2D eigenvalue weighted by molar-refractivity contribution is 0.279. The lowest BCUT2D eigenvalue weighted by Crippen LogP contribution is -2.15. The van der Waals surface area contributed by atoms with Crippen LogP contribution >= 0.6 is 11.6 Å². The lowest BCUT2D eigenvalue weighted by atomic mass is 10.3. The first-order chi connectivity index (χ1) is 7.50. The molecule has 0 saturated heterocycles. The number of rotatable bonds is 5. The number of halogens is 3. The second-order valence-corrected chi connectivity index (χ2v) is 4.08. The number of benzene rings is 1. The summed E-state index contributed by atoms with van der Waals surface area (Å²) in [6.07, 6.45) is 0.765. The molecule has 1 aromatic rings. The zero-order valence-electron chi connectivity index (χ0n) is 9.27. The van der Waals surface area contributed by atoms with E-state index in [0.717, 1.165) is 25.1 Å². The molecular weight excluding hydrogens is 236 g/mol. The molecule has 5 heteroatoms. The molecule has 0 amide bonds. The molecule has 90 valence electrons. The Morgan fingerprint density at radius 1 is 1.31 bits per heavy atom. The van der Waals surface area contributed by atoms with Gasteiger partial charge in [0, 0.05) is 18.7 Å². The van der Waals surface area contributed by atoms with Crippen molar-refractivity contribution in [2.45, 2.75) is 6.42 Å². The summed E-state index contributed by atoms with van der Waals surface area (Å²) in [5.41, 5.74) is 0. The first kappa shape index (κ1) is 13.2. The first-order valence-corrected chi connectivity index (χ1v) is 5.30. The Labute approximate surface area is 98.8 Å². The van der Waals surface area contributed by atoms with Gasteiger partial charge in [-0.15, -0.1) is 0 Å². The van der Waals surface area contributed by atoms with Crippen LogP contribution in [0.15, 0.2) is 12.1 Å². The molecule has 0 aliphatic heterocycles. The van der Waals surface area contributed by atoms with Crippen molar-refractivity contribution in [2.75, 3.05) is 27.2 Å². The molecule has 0 aliphatic carbocycles. The Kier molecular flexibility index (Phi) is 4.96. The van der Waals surface area contributed by atoms with Gasteiger partial charge in [0.1, 0.15) is 22.4 Å². The van der Waals surface area contributed by atoms with E-state index in [2.05, 4.69) is 0 Å². The quantitative estimate of drug-likeness (QED) is 0.588. The van der Waals surface area contributed by atoms with Gasteiger partial charge in [-0.05, 0) is 20.5 Å². The molecule has 0 aliphatic rings. The number of nitrogens with zero attached hydrogens (tertiary/aromatic N) is 1. The minimum absolute atomic E-state index is 0.0536. The summed E-state index contributed by atoms with van der Waals surface area (Å²) in [4.78, 5) is 2.00. The van der Waals surface area contributed by atoms with Crippen molar-refractivity contribution in [3.8, 4) is 5.75 Å². The predicted octanol–water partition coefficient (Wildman–Crippen LogP) is 2.95. The molecule has 0 atom stereocenters. The molecule has 0 aromatic heterocycles. The van der Waals surface area contributed by atoms with Gasteiger partial charge in [0.15, 0.2) is 0 Å². The summed E-state index contributed by atoms with van der Waals surface area (Å²) < 4.78 is 31.1. The highest BCUT2D eigenvalue weighted by molar-refractivity contribution is 6.32. The zero-order valence-corrected chi connectivity index (χ0v) is 10.0. The van der Waals surface area contributed by atoms with E-state index in [1.165, 1.54) is 0 Å². The van der Waals surface area contributed by atoms with E-state index in [4.69, 9.17) is 16.3 Å². The van der Waals surface area contributed by atoms with Crippen molar-refractivity contribution >= 4 is 11.6 Å². The van der Waals surface area contributed by atoms with Crippen molar-refractivity contribution in [3.05, 3.63) is 28.8 Å². The van der Waals surface area contributed by atoms with Gasteiger partial charge in [0.05, 0.1) is 6.61 Å². The van der Waals surface area contributed by atoms with E-state index in [9.17, 15) is 8.78 Å². The molecule has 1 aromatic carbocycles. The molecular formula is C11H14ClF2NO. The van der Waals surface area contributed by atoms with E-state index >= 15 is 0 Å². The Morgan fingerprint density at radius 2 is 2.00 bits per heavy atom. The van der Waals surface area contributed by atoms with Gasteiger partial charge < -0.3 is 9.64 Å². The van der Waals surface area contributed by atoms with E-state index in [-0.39, 0.29) is 10.8 Å². The summed E-state index contributed by atoms with van der Waals surface area (Å²) in [6, 6.07) is 1.82. The van der Waals surface area contributed by atoms with Crippen LogP contribution in [0.4, 0.5) is 8.78 Å². The summed E-state index contributed by atoms with van der Waals surface area (Å²) in [7, 11) is 3.88. The summed E-state index contributed by atoms with van der Waals surface area (Å²) >= 11 is 5.63. The van der Waals surface area contributed by atoms with Gasteiger partial charge >= 0.3 is 0 Å². The third-order valence-electron chi connectivity index (χ3n) is 1.97. The SMILES string of the molecule is CN(C)CCCOc1cc(F)cc(F)c1Cl. The summed E-state index contributed by atoms with van der Waals surface area (Å²) in [5.74, 6) is -1.44. The van der Waals surface area contributed by atoms with E-state index in [1.54, 1.807) is 0 Å². The largest absolute Gasteiger partial charge is 0.492 e. The maximum Gasteiger partial charge on any atom is 0.148 e. The Balaban J connectivity index is 2.53. The molecule has 0 saturated carbocycles. The maximum absolute atomic E-state index is 13.0. The van der Waals surface area contributed by atoms with Gasteiger partial charge in [-0.2, -0.15) is 0 Å². The van der Waals surface area contributed by atoms with Gasteiger partial charge in [-0.3, -0.25) is 0 Å². The minimum Gasteiger partial charge on any atom is -0.492 e. The standard InChI is InChI=1S/C11H14ClF2NO/c1-15(2)4-3-5-16-10-7-8(13)6-9(14)11(10)12/h6-7H,3-5H2,1-2H3. The normalized spacial score (nSPS) is 10.9. The van der Waals surface area contributed by atoms with Crippen molar-refractivity contribution in [1.29, 1.82) is 0 Å². The average molecular weight is 250 g/mol. The summed E-state index contributed by atoms with van der Waals surface area (Å²) in [6.45, 7) is 1.22. The fourth-order valence-electron chi connectivity index (χ4n) is 1.20. The van der Waals surface area contributed by atoms with Crippen LogP contribution in [0.1, 0.15) is 6.42 Å². The van der Waals surface area contributed by atoms with Gasteiger partial charge in [-0.1, -0.05) is 11.6 Å². The van der Waals surface area contributed by atoms with Crippen LogP contribution in [0.3, 0.4) is 0 Å². The third-order valence-corrected chi connectivity index (χ3v) is 2.33. The number of ether oxygens (including phenoxy) is 1. The van der Waals surface area contributed by atoms with E-state index in [1.807, 2.05) is 19.0 Å². The highest BCUT2D eigenvalue weighted by Gasteiger charge is 2.10. The molecule has 1 rings (SSSR count).